The van der Waals surface area contributed by atoms with Crippen LogP contribution in [-0.2, 0) is 4.79 Å². The van der Waals surface area contributed by atoms with Gasteiger partial charge in [0.15, 0.2) is 0 Å². The topological polar surface area (TPSA) is 49.3 Å². The molecule has 0 fully saturated rings. The molecule has 0 aliphatic rings. The van der Waals surface area contributed by atoms with Crippen LogP contribution >= 0.6 is 15.9 Å². The lowest BCUT2D eigenvalue weighted by Crippen LogP contribution is -2.14. The number of benzene rings is 1. The van der Waals surface area contributed by atoms with E-state index in [1.807, 2.05) is 25.1 Å². The summed E-state index contributed by atoms with van der Waals surface area (Å²) in [5.74, 6) is -0.0636. The van der Waals surface area contributed by atoms with Gasteiger partial charge in [-0.25, -0.2) is 0 Å². The van der Waals surface area contributed by atoms with Gasteiger partial charge in [-0.05, 0) is 44.0 Å². The minimum Gasteiger partial charge on any atom is -0.393 e. The Kier molecular flexibility index (Phi) is 4.96. The van der Waals surface area contributed by atoms with E-state index >= 15 is 0 Å². The second-order valence-corrected chi connectivity index (χ2v) is 4.81. The van der Waals surface area contributed by atoms with E-state index in [2.05, 4.69) is 21.2 Å². The number of halogens is 1. The Balaban J connectivity index is 2.56. The molecule has 2 N–H and O–H groups in total. The number of carbonyl (C=O) groups is 1. The van der Waals surface area contributed by atoms with Gasteiger partial charge in [-0.15, -0.1) is 0 Å². The number of hydrogen-bond donors (Lipinski definition) is 2. The van der Waals surface area contributed by atoms with E-state index in [-0.39, 0.29) is 5.91 Å². The summed E-state index contributed by atoms with van der Waals surface area (Å²) in [5, 5.41) is 11.9. The van der Waals surface area contributed by atoms with Crippen LogP contribution in [0, 0.1) is 6.92 Å². The van der Waals surface area contributed by atoms with Crippen LogP contribution in [0.1, 0.15) is 25.3 Å². The minimum absolute atomic E-state index is 0.0636. The standard InChI is InChI=1S/C12H16BrNO2/c1-8-7-10(13)4-5-11(8)14-12(16)6-3-9(2)15/h4-5,7,9,15H,3,6H2,1-2H3,(H,14,16). The summed E-state index contributed by atoms with van der Waals surface area (Å²) >= 11 is 3.37. The number of anilines is 1. The van der Waals surface area contributed by atoms with Gasteiger partial charge in [0.05, 0.1) is 6.10 Å². The van der Waals surface area contributed by atoms with E-state index in [4.69, 9.17) is 5.11 Å². The monoisotopic (exact) mass is 285 g/mol. The third kappa shape index (κ3) is 4.33. The van der Waals surface area contributed by atoms with Crippen LogP contribution in [0.2, 0.25) is 0 Å². The molecule has 0 radical (unpaired) electrons. The average Bonchev–Trinajstić information content (AvgIpc) is 2.19. The highest BCUT2D eigenvalue weighted by molar-refractivity contribution is 9.10. The summed E-state index contributed by atoms with van der Waals surface area (Å²) in [6, 6.07) is 5.70. The molecule has 1 rings (SSSR count). The summed E-state index contributed by atoms with van der Waals surface area (Å²) < 4.78 is 0.993. The Morgan fingerprint density at radius 3 is 2.81 bits per heavy atom. The van der Waals surface area contributed by atoms with Crippen molar-refractivity contribution in [1.29, 1.82) is 0 Å². The third-order valence-electron chi connectivity index (χ3n) is 2.25. The number of amides is 1. The lowest BCUT2D eigenvalue weighted by atomic mass is 10.2. The van der Waals surface area contributed by atoms with Crippen molar-refractivity contribution in [3.63, 3.8) is 0 Å². The molecule has 0 aromatic heterocycles. The molecular weight excluding hydrogens is 270 g/mol. The van der Waals surface area contributed by atoms with Crippen LogP contribution in [0.15, 0.2) is 22.7 Å². The van der Waals surface area contributed by atoms with Crippen molar-refractivity contribution in [3.8, 4) is 0 Å². The van der Waals surface area contributed by atoms with Crippen LogP contribution in [0.3, 0.4) is 0 Å². The fourth-order valence-electron chi connectivity index (χ4n) is 1.32. The molecule has 0 bridgehead atoms. The molecule has 3 nitrogen and oxygen atoms in total. The van der Waals surface area contributed by atoms with Crippen molar-refractivity contribution in [1.82, 2.24) is 0 Å². The first-order valence-corrected chi connectivity index (χ1v) is 6.02. The van der Waals surface area contributed by atoms with E-state index in [0.717, 1.165) is 15.7 Å². The maximum absolute atomic E-state index is 11.5. The number of rotatable bonds is 4. The molecule has 0 aliphatic carbocycles. The summed E-state index contributed by atoms with van der Waals surface area (Å²) in [7, 11) is 0. The fourth-order valence-corrected chi connectivity index (χ4v) is 1.80. The molecular formula is C12H16BrNO2. The third-order valence-corrected chi connectivity index (χ3v) is 2.74. The van der Waals surface area contributed by atoms with E-state index in [1.165, 1.54) is 0 Å². The molecule has 0 saturated carbocycles. The van der Waals surface area contributed by atoms with Crippen LogP contribution < -0.4 is 5.32 Å². The van der Waals surface area contributed by atoms with Gasteiger partial charge in [0.2, 0.25) is 5.91 Å². The quantitative estimate of drug-likeness (QED) is 0.894. The van der Waals surface area contributed by atoms with Gasteiger partial charge in [0, 0.05) is 16.6 Å². The normalized spacial score (nSPS) is 12.2. The fraction of sp³-hybridized carbons (Fsp3) is 0.417. The predicted octanol–water partition coefficient (Wildman–Crippen LogP) is 2.86. The molecule has 0 aliphatic heterocycles. The van der Waals surface area contributed by atoms with Crippen molar-refractivity contribution >= 4 is 27.5 Å². The van der Waals surface area contributed by atoms with Gasteiger partial charge in [0.1, 0.15) is 0 Å². The second-order valence-electron chi connectivity index (χ2n) is 3.90. The van der Waals surface area contributed by atoms with E-state index in [9.17, 15) is 4.79 Å². The van der Waals surface area contributed by atoms with Gasteiger partial charge in [-0.1, -0.05) is 15.9 Å². The van der Waals surface area contributed by atoms with Crippen LogP contribution in [-0.4, -0.2) is 17.1 Å². The van der Waals surface area contributed by atoms with E-state index in [1.54, 1.807) is 6.92 Å². The molecule has 0 saturated heterocycles. The molecule has 1 aromatic rings. The minimum atomic E-state index is -0.434. The molecule has 1 aromatic carbocycles. The molecule has 1 atom stereocenters. The first-order valence-electron chi connectivity index (χ1n) is 5.23. The molecule has 88 valence electrons. The zero-order chi connectivity index (χ0) is 12.1. The zero-order valence-electron chi connectivity index (χ0n) is 9.46. The van der Waals surface area contributed by atoms with Crippen molar-refractivity contribution in [2.45, 2.75) is 32.8 Å². The number of carbonyl (C=O) groups excluding carboxylic acids is 1. The highest BCUT2D eigenvalue weighted by Crippen LogP contribution is 2.20. The van der Waals surface area contributed by atoms with E-state index in [0.29, 0.717) is 12.8 Å². The Bertz CT molecular complexity index is 377. The summed E-state index contributed by atoms with van der Waals surface area (Å²) in [4.78, 5) is 11.5. The number of aryl methyl sites for hydroxylation is 1. The number of hydrogen-bond acceptors (Lipinski definition) is 2. The summed E-state index contributed by atoms with van der Waals surface area (Å²) in [6.07, 6.45) is 0.394. The second kappa shape index (κ2) is 6.01. The molecule has 1 unspecified atom stereocenters. The largest absolute Gasteiger partial charge is 0.393 e. The maximum Gasteiger partial charge on any atom is 0.224 e. The molecule has 4 heteroatoms. The first kappa shape index (κ1) is 13.2. The van der Waals surface area contributed by atoms with Crippen molar-refractivity contribution in [3.05, 3.63) is 28.2 Å². The van der Waals surface area contributed by atoms with Gasteiger partial charge in [-0.3, -0.25) is 4.79 Å². The van der Waals surface area contributed by atoms with E-state index < -0.39 is 6.10 Å². The molecule has 1 amide bonds. The van der Waals surface area contributed by atoms with Crippen molar-refractivity contribution in [2.75, 3.05) is 5.32 Å². The Morgan fingerprint density at radius 2 is 2.25 bits per heavy atom. The number of aliphatic hydroxyl groups excluding tert-OH is 1. The average molecular weight is 286 g/mol. The van der Waals surface area contributed by atoms with Crippen molar-refractivity contribution in [2.24, 2.45) is 0 Å². The van der Waals surface area contributed by atoms with Crippen LogP contribution in [0.5, 0.6) is 0 Å². The number of nitrogens with one attached hydrogen (secondary N) is 1. The van der Waals surface area contributed by atoms with Crippen molar-refractivity contribution < 1.29 is 9.90 Å². The first-order chi connectivity index (χ1) is 7.49. The van der Waals surface area contributed by atoms with Crippen LogP contribution in [0.4, 0.5) is 5.69 Å². The van der Waals surface area contributed by atoms with Gasteiger partial charge >= 0.3 is 0 Å². The number of aliphatic hydroxyl groups is 1. The van der Waals surface area contributed by atoms with Gasteiger partial charge in [-0.2, -0.15) is 0 Å². The summed E-state index contributed by atoms with van der Waals surface area (Å²) in [5.41, 5.74) is 1.83. The molecule has 0 spiro atoms. The zero-order valence-corrected chi connectivity index (χ0v) is 11.0. The Hall–Kier alpha value is -0.870. The SMILES string of the molecule is Cc1cc(Br)ccc1NC(=O)CCC(C)O. The van der Waals surface area contributed by atoms with Gasteiger partial charge < -0.3 is 10.4 Å². The van der Waals surface area contributed by atoms with Crippen LogP contribution in [0.25, 0.3) is 0 Å². The predicted molar refractivity (Wildman–Crippen MR) is 68.4 cm³/mol. The molecule has 0 heterocycles. The highest BCUT2D eigenvalue weighted by Gasteiger charge is 2.06. The summed E-state index contributed by atoms with van der Waals surface area (Å²) in [6.45, 7) is 3.62. The smallest absolute Gasteiger partial charge is 0.224 e. The Morgan fingerprint density at radius 1 is 1.56 bits per heavy atom. The Labute approximate surface area is 104 Å². The molecule has 16 heavy (non-hydrogen) atoms. The highest BCUT2D eigenvalue weighted by atomic mass is 79.9. The maximum atomic E-state index is 11.5. The van der Waals surface area contributed by atoms with Gasteiger partial charge in [0.25, 0.3) is 0 Å². The lowest BCUT2D eigenvalue weighted by Gasteiger charge is -2.09. The lowest BCUT2D eigenvalue weighted by molar-refractivity contribution is -0.116.